The van der Waals surface area contributed by atoms with Crippen LogP contribution >= 0.6 is 11.6 Å². The fraction of sp³-hybridized carbons (Fsp3) is 0.143. The van der Waals surface area contributed by atoms with Gasteiger partial charge in [-0.05, 0) is 54.4 Å². The quantitative estimate of drug-likeness (QED) is 0.514. The lowest BCUT2D eigenvalue weighted by Gasteiger charge is -2.12. The molecule has 0 spiro atoms. The lowest BCUT2D eigenvalue weighted by Crippen LogP contribution is -2.39. The van der Waals surface area contributed by atoms with Crippen molar-refractivity contribution in [2.45, 2.75) is 18.5 Å². The van der Waals surface area contributed by atoms with Gasteiger partial charge in [0, 0.05) is 22.4 Å². The Labute approximate surface area is 172 Å². The molecule has 0 radical (unpaired) electrons. The zero-order valence-electron chi connectivity index (χ0n) is 15.3. The van der Waals surface area contributed by atoms with Crippen LogP contribution in [0.3, 0.4) is 0 Å². The van der Waals surface area contributed by atoms with Crippen molar-refractivity contribution in [2.24, 2.45) is 0 Å². The molecule has 3 aromatic rings. The Hall–Kier alpha value is -3.13. The van der Waals surface area contributed by atoms with Crippen LogP contribution in [0.4, 0.5) is 11.4 Å². The standard InChI is InChI=1S/C21H19ClN4O3/c22-16-5-2-1-4-15(16)17-12-18(26-25-17)20(27)23-13-7-9-14(10-8-13)24-21(28)19-6-3-11-29-19/h1-11,17-18,25-26H,12H2,(H,23,27)(H,24,28). The number of carbonyl (C=O) groups is 2. The highest BCUT2D eigenvalue weighted by atomic mass is 35.5. The van der Waals surface area contributed by atoms with Gasteiger partial charge in [0.1, 0.15) is 6.04 Å². The van der Waals surface area contributed by atoms with Gasteiger partial charge in [0.05, 0.1) is 6.26 Å². The molecule has 2 aromatic carbocycles. The molecule has 1 fully saturated rings. The molecule has 7 nitrogen and oxygen atoms in total. The van der Waals surface area contributed by atoms with Gasteiger partial charge in [-0.2, -0.15) is 0 Å². The van der Waals surface area contributed by atoms with Crippen LogP contribution in [-0.4, -0.2) is 17.9 Å². The summed E-state index contributed by atoms with van der Waals surface area (Å²) >= 11 is 6.24. The SMILES string of the molecule is O=C(Nc1ccc(NC(=O)C2CC(c3ccccc3Cl)NN2)cc1)c1ccco1. The van der Waals surface area contributed by atoms with Crippen molar-refractivity contribution < 1.29 is 14.0 Å². The van der Waals surface area contributed by atoms with E-state index in [0.29, 0.717) is 22.8 Å². The van der Waals surface area contributed by atoms with Crippen molar-refractivity contribution in [2.75, 3.05) is 10.6 Å². The third-order valence-electron chi connectivity index (χ3n) is 4.66. The zero-order chi connectivity index (χ0) is 20.2. The molecule has 1 aliphatic heterocycles. The lowest BCUT2D eigenvalue weighted by molar-refractivity contribution is -0.117. The fourth-order valence-corrected chi connectivity index (χ4v) is 3.42. The van der Waals surface area contributed by atoms with E-state index in [0.717, 1.165) is 5.56 Å². The van der Waals surface area contributed by atoms with Crippen LogP contribution in [-0.2, 0) is 4.79 Å². The molecule has 2 unspecified atom stereocenters. The molecule has 4 rings (SSSR count). The van der Waals surface area contributed by atoms with Crippen molar-refractivity contribution in [1.29, 1.82) is 0 Å². The average Bonchev–Trinajstić information content (AvgIpc) is 3.42. The number of hydrogen-bond donors (Lipinski definition) is 4. The van der Waals surface area contributed by atoms with Gasteiger partial charge in [-0.25, -0.2) is 10.9 Å². The number of nitrogens with one attached hydrogen (secondary N) is 4. The number of amides is 2. The van der Waals surface area contributed by atoms with Crippen LogP contribution in [0.5, 0.6) is 0 Å². The van der Waals surface area contributed by atoms with Crippen LogP contribution in [0, 0.1) is 0 Å². The predicted molar refractivity (Wildman–Crippen MR) is 111 cm³/mol. The molecule has 1 aliphatic rings. The van der Waals surface area contributed by atoms with E-state index in [1.54, 1.807) is 36.4 Å². The van der Waals surface area contributed by atoms with Crippen molar-refractivity contribution in [1.82, 2.24) is 10.9 Å². The molecule has 0 saturated carbocycles. The second-order valence-electron chi connectivity index (χ2n) is 6.65. The largest absolute Gasteiger partial charge is 0.459 e. The first-order valence-corrected chi connectivity index (χ1v) is 9.49. The van der Waals surface area contributed by atoms with Crippen LogP contribution in [0.15, 0.2) is 71.3 Å². The van der Waals surface area contributed by atoms with Crippen molar-refractivity contribution in [3.8, 4) is 0 Å². The van der Waals surface area contributed by atoms with Crippen molar-refractivity contribution in [3.63, 3.8) is 0 Å². The highest BCUT2D eigenvalue weighted by Gasteiger charge is 2.31. The minimum atomic E-state index is -0.394. The van der Waals surface area contributed by atoms with Gasteiger partial charge in [0.2, 0.25) is 5.91 Å². The molecule has 0 bridgehead atoms. The summed E-state index contributed by atoms with van der Waals surface area (Å²) in [5.41, 5.74) is 8.33. The first kappa shape index (κ1) is 19.2. The average molecular weight is 411 g/mol. The van der Waals surface area contributed by atoms with Gasteiger partial charge in [0.15, 0.2) is 5.76 Å². The summed E-state index contributed by atoms with van der Waals surface area (Å²) in [5.74, 6) is -0.256. The first-order chi connectivity index (χ1) is 14.1. The summed E-state index contributed by atoms with van der Waals surface area (Å²) in [6, 6.07) is 17.2. The van der Waals surface area contributed by atoms with Gasteiger partial charge < -0.3 is 15.1 Å². The van der Waals surface area contributed by atoms with Gasteiger partial charge in [-0.3, -0.25) is 9.59 Å². The summed E-state index contributed by atoms with van der Waals surface area (Å²) in [5, 5.41) is 6.27. The van der Waals surface area contributed by atoms with Gasteiger partial charge in [0.25, 0.3) is 5.91 Å². The third kappa shape index (κ3) is 4.48. The Balaban J connectivity index is 1.33. The van der Waals surface area contributed by atoms with Gasteiger partial charge in [-0.15, -0.1) is 0 Å². The summed E-state index contributed by atoms with van der Waals surface area (Å²) in [4.78, 5) is 24.6. The maximum atomic E-state index is 12.6. The number of hydrazine groups is 1. The second kappa shape index (κ2) is 8.48. The Bertz CT molecular complexity index is 1010. The van der Waals surface area contributed by atoms with E-state index in [1.807, 2.05) is 24.3 Å². The zero-order valence-corrected chi connectivity index (χ0v) is 16.1. The third-order valence-corrected chi connectivity index (χ3v) is 5.00. The molecule has 1 aromatic heterocycles. The first-order valence-electron chi connectivity index (χ1n) is 9.11. The molecule has 8 heteroatoms. The Morgan fingerprint density at radius 1 is 0.931 bits per heavy atom. The van der Waals surface area contributed by atoms with E-state index in [-0.39, 0.29) is 23.6 Å². The number of halogens is 1. The number of carbonyl (C=O) groups excluding carboxylic acids is 2. The van der Waals surface area contributed by atoms with E-state index < -0.39 is 6.04 Å². The maximum absolute atomic E-state index is 12.6. The second-order valence-corrected chi connectivity index (χ2v) is 7.06. The molecule has 1 saturated heterocycles. The summed E-state index contributed by atoms with van der Waals surface area (Å²) < 4.78 is 5.06. The van der Waals surface area contributed by atoms with E-state index in [2.05, 4.69) is 21.5 Å². The number of rotatable bonds is 5. The van der Waals surface area contributed by atoms with Crippen LogP contribution < -0.4 is 21.5 Å². The number of hydrogen-bond acceptors (Lipinski definition) is 5. The normalized spacial score (nSPS) is 18.4. The topological polar surface area (TPSA) is 95.4 Å². The van der Waals surface area contributed by atoms with Crippen molar-refractivity contribution >= 4 is 34.8 Å². The Kier molecular flexibility index (Phi) is 5.62. The summed E-state index contributed by atoms with van der Waals surface area (Å²) in [6.45, 7) is 0. The highest BCUT2D eigenvalue weighted by molar-refractivity contribution is 6.31. The molecule has 2 amide bonds. The minimum Gasteiger partial charge on any atom is -0.459 e. The summed E-state index contributed by atoms with van der Waals surface area (Å²) in [7, 11) is 0. The van der Waals surface area contributed by atoms with Crippen LogP contribution in [0.25, 0.3) is 0 Å². The molecular formula is C21H19ClN4O3. The highest BCUT2D eigenvalue weighted by Crippen LogP contribution is 2.28. The minimum absolute atomic E-state index is 0.0429. The fourth-order valence-electron chi connectivity index (χ4n) is 3.16. The molecule has 4 N–H and O–H groups in total. The van der Waals surface area contributed by atoms with E-state index >= 15 is 0 Å². The van der Waals surface area contributed by atoms with Crippen LogP contribution in [0.2, 0.25) is 5.02 Å². The number of furan rings is 1. The monoisotopic (exact) mass is 410 g/mol. The smallest absolute Gasteiger partial charge is 0.291 e. The summed E-state index contributed by atoms with van der Waals surface area (Å²) in [6.07, 6.45) is 2.02. The lowest BCUT2D eigenvalue weighted by atomic mass is 10.0. The van der Waals surface area contributed by atoms with E-state index in [4.69, 9.17) is 16.0 Å². The van der Waals surface area contributed by atoms with Crippen molar-refractivity contribution in [3.05, 3.63) is 83.3 Å². The molecule has 29 heavy (non-hydrogen) atoms. The maximum Gasteiger partial charge on any atom is 0.291 e. The molecule has 2 heterocycles. The van der Waals surface area contributed by atoms with Gasteiger partial charge >= 0.3 is 0 Å². The molecule has 0 aliphatic carbocycles. The van der Waals surface area contributed by atoms with E-state index in [1.165, 1.54) is 6.26 Å². The Morgan fingerprint density at radius 2 is 1.66 bits per heavy atom. The number of benzene rings is 2. The van der Waals surface area contributed by atoms with E-state index in [9.17, 15) is 9.59 Å². The van der Waals surface area contributed by atoms with Gasteiger partial charge in [-0.1, -0.05) is 29.8 Å². The molecule has 2 atom stereocenters. The molecular weight excluding hydrogens is 392 g/mol. The predicted octanol–water partition coefficient (Wildman–Crippen LogP) is 3.73. The number of anilines is 2. The molecule has 148 valence electrons. The Morgan fingerprint density at radius 3 is 2.34 bits per heavy atom. The van der Waals surface area contributed by atoms with Crippen LogP contribution in [0.1, 0.15) is 28.6 Å².